The number of nitrogens with zero attached hydrogens (tertiary/aromatic N) is 1. The molecule has 13 atom stereocenters. The van der Waals surface area contributed by atoms with E-state index in [1.807, 2.05) is 0 Å². The van der Waals surface area contributed by atoms with Crippen molar-refractivity contribution in [1.29, 1.82) is 0 Å². The Hall–Kier alpha value is -8.60. The molecule has 0 radical (unpaired) electrons. The van der Waals surface area contributed by atoms with Gasteiger partial charge in [-0.05, 0) is 112 Å². The van der Waals surface area contributed by atoms with E-state index < -0.39 is 187 Å². The summed E-state index contributed by atoms with van der Waals surface area (Å²) < 4.78 is 0. The number of hydrogen-bond acceptors (Lipinski definition) is 20. The van der Waals surface area contributed by atoms with E-state index in [2.05, 4.69) is 53.2 Å². The number of aliphatic hydroxyl groups is 1. The highest BCUT2D eigenvalue weighted by atomic mass is 32.2. The lowest BCUT2D eigenvalue weighted by atomic mass is 10.00. The molecule has 4 fully saturated rings. The van der Waals surface area contributed by atoms with Crippen molar-refractivity contribution in [3.63, 3.8) is 0 Å². The van der Waals surface area contributed by atoms with Crippen LogP contribution < -0.4 is 81.8 Å². The zero-order valence-corrected chi connectivity index (χ0v) is 54.9. The number of nitrogens with two attached hydrogens (primary N) is 5. The van der Waals surface area contributed by atoms with Crippen LogP contribution in [0.15, 0.2) is 54.6 Å². The Morgan fingerprint density at radius 3 is 1.78 bits per heavy atom. The number of thioether (sulfide) groups is 2. The van der Waals surface area contributed by atoms with Gasteiger partial charge in [-0.1, -0.05) is 42.5 Å². The van der Waals surface area contributed by atoms with Crippen molar-refractivity contribution in [3.05, 3.63) is 65.7 Å². The predicted molar refractivity (Wildman–Crippen MR) is 351 cm³/mol. The minimum absolute atomic E-state index is 0.00400. The van der Waals surface area contributed by atoms with E-state index in [0.29, 0.717) is 49.7 Å². The fourth-order valence-electron chi connectivity index (χ4n) is 11.9. The number of hydrogen-bond donors (Lipinski definition) is 17. The van der Waals surface area contributed by atoms with Crippen LogP contribution in [-0.4, -0.2) is 214 Å². The summed E-state index contributed by atoms with van der Waals surface area (Å²) in [7, 11) is 0. The molecule has 2 aromatic rings. The number of carbonyl (C=O) groups excluding carboxylic acids is 14. The molecular formula is C62H90N16O16S2. The molecular weight excluding hydrogens is 1290 g/mol. The maximum atomic E-state index is 15.4. The SMILES string of the molecule is NCCCC[C@H](NC(=O)[C@@H]1CCCN1C(=O)[C@@H]1CSC2CC[C@@H]3[C@@H](CO)[C@@H]3CCC2SC[C@H](NC(=O)CNC(=O)CNC(=O)CN)C(=O)N[C@@H](Cc2ccc(O)cc2)C(=O)N[C@@H](Cc2ccccc2)C(=O)N[C@@H](CCC(N)=O)C(=O)N[C@@H](CC(N)=O)C(=O)N1)C(=O)NCC(N)=O. The van der Waals surface area contributed by atoms with Crippen molar-refractivity contribution in [3.8, 4) is 5.75 Å². The van der Waals surface area contributed by atoms with Crippen LogP contribution in [0.5, 0.6) is 5.75 Å². The molecule has 0 spiro atoms. The van der Waals surface area contributed by atoms with Gasteiger partial charge in [-0.25, -0.2) is 0 Å². The number of benzene rings is 2. The second-order valence-corrected chi connectivity index (χ2v) is 26.8. The summed E-state index contributed by atoms with van der Waals surface area (Å²) in [5.74, 6) is -12.7. The summed E-state index contributed by atoms with van der Waals surface area (Å²) in [6.07, 6.45) is 1.11. The first-order valence-electron chi connectivity index (χ1n) is 32.0. The van der Waals surface area contributed by atoms with Gasteiger partial charge < -0.3 is 96.9 Å². The number of primary amides is 3. The van der Waals surface area contributed by atoms with Crippen LogP contribution in [0.25, 0.3) is 0 Å². The number of amides is 14. The Morgan fingerprint density at radius 1 is 0.604 bits per heavy atom. The molecule has 2 saturated carbocycles. The maximum absolute atomic E-state index is 15.4. The highest BCUT2D eigenvalue weighted by molar-refractivity contribution is 8.03. The van der Waals surface area contributed by atoms with E-state index in [9.17, 15) is 67.7 Å². The van der Waals surface area contributed by atoms with Gasteiger partial charge in [0.15, 0.2) is 0 Å². The number of likely N-dealkylation sites (tertiary alicyclic amines) is 1. The topological polar surface area (TPSA) is 533 Å². The second kappa shape index (κ2) is 38.2. The Balaban J connectivity index is 1.45. The Bertz CT molecular complexity index is 3100. The molecule has 96 heavy (non-hydrogen) atoms. The van der Waals surface area contributed by atoms with Crippen LogP contribution in [0.1, 0.15) is 88.2 Å². The molecule has 2 unspecified atom stereocenters. The molecule has 526 valence electrons. The zero-order valence-electron chi connectivity index (χ0n) is 53.2. The molecule has 2 heterocycles. The van der Waals surface area contributed by atoms with Crippen molar-refractivity contribution in [2.75, 3.05) is 57.4 Å². The third-order valence-corrected chi connectivity index (χ3v) is 20.3. The molecule has 0 bridgehead atoms. The molecule has 6 rings (SSSR count). The number of carbonyl (C=O) groups is 14. The molecule has 2 aromatic carbocycles. The first-order valence-corrected chi connectivity index (χ1v) is 34.1. The normalized spacial score (nSPS) is 25.5. The average molecular weight is 1380 g/mol. The van der Waals surface area contributed by atoms with E-state index in [1.54, 1.807) is 30.3 Å². The second-order valence-electron chi connectivity index (χ2n) is 24.2. The fraction of sp³-hybridized carbons (Fsp3) is 0.581. The molecule has 22 N–H and O–H groups in total. The number of nitrogens with one attached hydrogen (secondary N) is 10. The summed E-state index contributed by atoms with van der Waals surface area (Å²) in [5, 5.41) is 45.4. The standard InChI is InChI=1S/C62H90N16O16S2/c63-21-5-4-9-39(55(87)70-27-51(67)83)73-61(93)46-10-6-22-78(46)62(94)45-32-96-48-19-16-37-36(38(37)30-79)15-18-47(48)95-31-44(71-54(86)29-69-53(85)28-68-52(84)26-64)60(92)75-42(24-34-11-13-35(80)14-12-34)58(90)74-41(23-33-7-2-1-3-8-33)57(89)72-40(17-20-49(65)81)56(88)76-43(25-50(66)82)59(91)77-45/h1-3,7-8,11-14,36-48,79-80H,4-6,9-10,15-32,63-64H2,(H2,65,81)(H2,66,82)(H2,67,83)(H,68,84)(H,69,85)(H,70,87)(H,71,86)(H,72,89)(H,73,93)(H,74,90)(H,75,92)(H,76,88)(H,77,91)/t36-,37+,38+,39+,40+,41+,42+,43+,44+,45+,46+,47?,48?/m1/s1. The van der Waals surface area contributed by atoms with E-state index in [0.717, 1.165) is 0 Å². The van der Waals surface area contributed by atoms with Crippen LogP contribution in [0.2, 0.25) is 0 Å². The molecule has 14 amide bonds. The van der Waals surface area contributed by atoms with Crippen molar-refractivity contribution in [2.45, 2.75) is 149 Å². The van der Waals surface area contributed by atoms with Gasteiger partial charge in [0.05, 0.1) is 32.6 Å². The van der Waals surface area contributed by atoms with E-state index in [1.165, 1.54) is 52.7 Å². The van der Waals surface area contributed by atoms with Crippen molar-refractivity contribution in [2.24, 2.45) is 46.4 Å². The van der Waals surface area contributed by atoms with Crippen LogP contribution in [0.4, 0.5) is 0 Å². The van der Waals surface area contributed by atoms with Crippen molar-refractivity contribution in [1.82, 2.24) is 58.1 Å². The number of aromatic hydroxyl groups is 1. The summed E-state index contributed by atoms with van der Waals surface area (Å²) in [5.41, 5.74) is 28.5. The quantitative estimate of drug-likeness (QED) is 0.0390. The largest absolute Gasteiger partial charge is 0.508 e. The highest BCUT2D eigenvalue weighted by Crippen LogP contribution is 2.55. The van der Waals surface area contributed by atoms with E-state index >= 15 is 9.59 Å². The van der Waals surface area contributed by atoms with Crippen molar-refractivity contribution < 1.29 is 77.3 Å². The minimum Gasteiger partial charge on any atom is -0.508 e. The predicted octanol–water partition coefficient (Wildman–Crippen LogP) is -5.73. The third kappa shape index (κ3) is 24.2. The third-order valence-electron chi connectivity index (χ3n) is 17.1. The molecule has 2 saturated heterocycles. The van der Waals surface area contributed by atoms with Gasteiger partial charge in [0, 0.05) is 54.4 Å². The summed E-state index contributed by atoms with van der Waals surface area (Å²) >= 11 is 2.53. The average Bonchev–Trinajstić information content (AvgIpc) is 1.62. The zero-order chi connectivity index (χ0) is 70.0. The molecule has 32 nitrogen and oxygen atoms in total. The Morgan fingerprint density at radius 2 is 1.18 bits per heavy atom. The summed E-state index contributed by atoms with van der Waals surface area (Å²) in [6, 6.07) is 1.83. The number of fused-ring (bicyclic) bond motifs is 2. The fourth-order valence-corrected chi connectivity index (χ4v) is 15.1. The number of unbranched alkanes of at least 4 members (excludes halogenated alkanes) is 1. The van der Waals surface area contributed by atoms with Gasteiger partial charge in [0.25, 0.3) is 0 Å². The molecule has 2 aliphatic heterocycles. The first-order chi connectivity index (χ1) is 45.9. The van der Waals surface area contributed by atoms with E-state index in [-0.39, 0.29) is 86.8 Å². The van der Waals surface area contributed by atoms with Crippen LogP contribution in [0.3, 0.4) is 0 Å². The number of rotatable bonds is 26. The van der Waals surface area contributed by atoms with Gasteiger partial charge in [-0.2, -0.15) is 23.5 Å². The van der Waals surface area contributed by atoms with Crippen LogP contribution >= 0.6 is 23.5 Å². The minimum atomic E-state index is -1.86. The molecule has 34 heteroatoms. The van der Waals surface area contributed by atoms with Gasteiger partial charge in [-0.15, -0.1) is 0 Å². The summed E-state index contributed by atoms with van der Waals surface area (Å²) in [4.78, 5) is 194. The van der Waals surface area contributed by atoms with Crippen molar-refractivity contribution >= 4 is 106 Å². The van der Waals surface area contributed by atoms with Gasteiger partial charge in [-0.3, -0.25) is 67.1 Å². The smallest absolute Gasteiger partial charge is 0.246 e. The first kappa shape index (κ1) is 76.4. The molecule has 2 aliphatic carbocycles. The Kier molecular flexibility index (Phi) is 30.4. The van der Waals surface area contributed by atoms with Gasteiger partial charge >= 0.3 is 0 Å². The lowest BCUT2D eigenvalue weighted by Gasteiger charge is -2.33. The van der Waals surface area contributed by atoms with Crippen LogP contribution in [-0.2, 0) is 80.0 Å². The maximum Gasteiger partial charge on any atom is 0.246 e. The Labute approximate surface area is 563 Å². The van der Waals surface area contributed by atoms with Gasteiger partial charge in [0.1, 0.15) is 54.1 Å². The lowest BCUT2D eigenvalue weighted by molar-refractivity contribution is -0.142. The number of phenols is 1. The lowest BCUT2D eigenvalue weighted by Crippen LogP contribution is -2.61. The van der Waals surface area contributed by atoms with Crippen LogP contribution in [0, 0.1) is 17.8 Å². The van der Waals surface area contributed by atoms with Gasteiger partial charge in [0.2, 0.25) is 82.7 Å². The summed E-state index contributed by atoms with van der Waals surface area (Å²) in [6.45, 7) is -1.95. The monoisotopic (exact) mass is 1380 g/mol. The molecule has 4 aliphatic rings. The highest BCUT2D eigenvalue weighted by Gasteiger charge is 2.51. The number of phenolic OH excluding ortho intramolecular Hbond substituents is 1. The number of aliphatic hydroxyl groups excluding tert-OH is 1. The van der Waals surface area contributed by atoms with E-state index in [4.69, 9.17) is 28.7 Å². The molecule has 0 aromatic heterocycles.